The van der Waals surface area contributed by atoms with Crippen LogP contribution in [0, 0.1) is 0 Å². The molecule has 220 valence electrons. The first kappa shape index (κ1) is 28.2. The van der Waals surface area contributed by atoms with Crippen LogP contribution < -0.4 is 4.90 Å². The molecule has 0 aliphatic carbocycles. The number of pyridine rings is 1. The fraction of sp³-hybridized carbons (Fsp3) is 0.312. The number of aryl methyl sites for hydroxylation is 1. The van der Waals surface area contributed by atoms with Crippen molar-refractivity contribution in [1.82, 2.24) is 40.1 Å². The summed E-state index contributed by atoms with van der Waals surface area (Å²) in [7, 11) is 0. The van der Waals surface area contributed by atoms with E-state index in [0.717, 1.165) is 79.3 Å². The highest BCUT2D eigenvalue weighted by molar-refractivity contribution is 5.87. The maximum atomic E-state index is 12.7. The van der Waals surface area contributed by atoms with Crippen molar-refractivity contribution in [2.75, 3.05) is 31.1 Å². The van der Waals surface area contributed by atoms with E-state index in [4.69, 9.17) is 4.98 Å². The zero-order valence-corrected chi connectivity index (χ0v) is 24.2. The SMILES string of the molecule is CCCCc1nc(CN2CCN(c3ccccn3)CC2)c(C(=O)O)n1Cc1ccc(-c2ccccc2-c2nn[nH]n2)cc1. The summed E-state index contributed by atoms with van der Waals surface area (Å²) in [5.41, 5.74) is 4.83. The predicted molar refractivity (Wildman–Crippen MR) is 164 cm³/mol. The zero-order chi connectivity index (χ0) is 29.6. The molecular formula is C32H35N9O2. The molecular weight excluding hydrogens is 542 g/mol. The number of piperazine rings is 1. The molecule has 43 heavy (non-hydrogen) atoms. The number of hydrogen-bond acceptors (Lipinski definition) is 8. The van der Waals surface area contributed by atoms with E-state index in [9.17, 15) is 9.90 Å². The lowest BCUT2D eigenvalue weighted by Crippen LogP contribution is -2.46. The number of nitrogens with zero attached hydrogens (tertiary/aromatic N) is 8. The summed E-state index contributed by atoms with van der Waals surface area (Å²) in [6.07, 6.45) is 4.51. The lowest BCUT2D eigenvalue weighted by molar-refractivity contribution is 0.0682. The van der Waals surface area contributed by atoms with Crippen molar-refractivity contribution in [3.63, 3.8) is 0 Å². The number of carboxylic acid groups (broad SMARTS) is 1. The normalized spacial score (nSPS) is 13.8. The van der Waals surface area contributed by atoms with E-state index < -0.39 is 5.97 Å². The average molecular weight is 578 g/mol. The first-order valence-electron chi connectivity index (χ1n) is 14.7. The minimum Gasteiger partial charge on any atom is -0.477 e. The Morgan fingerprint density at radius 2 is 1.70 bits per heavy atom. The molecule has 3 aromatic heterocycles. The standard InChI is InChI=1S/C32H35N9O2/c1-2-3-10-29-34-27(22-39-17-19-40(20-18-39)28-11-6-7-16-33-28)30(32(42)43)41(29)21-23-12-14-24(15-13-23)25-8-4-5-9-26(25)31-35-37-38-36-31/h4-9,11-16H,2-3,10,17-22H2,1H3,(H,42,43)(H,35,36,37,38). The van der Waals surface area contributed by atoms with E-state index in [0.29, 0.717) is 24.6 Å². The monoisotopic (exact) mass is 577 g/mol. The van der Waals surface area contributed by atoms with Crippen molar-refractivity contribution < 1.29 is 9.90 Å². The van der Waals surface area contributed by atoms with Crippen LogP contribution in [0.25, 0.3) is 22.5 Å². The fourth-order valence-electron chi connectivity index (χ4n) is 5.66. The number of aromatic amines is 1. The van der Waals surface area contributed by atoms with E-state index in [1.54, 1.807) is 0 Å². The van der Waals surface area contributed by atoms with Gasteiger partial charge < -0.3 is 14.6 Å². The molecule has 4 heterocycles. The van der Waals surface area contributed by atoms with Gasteiger partial charge in [-0.3, -0.25) is 4.90 Å². The highest BCUT2D eigenvalue weighted by Gasteiger charge is 2.26. The Kier molecular flexibility index (Phi) is 8.50. The van der Waals surface area contributed by atoms with Gasteiger partial charge in [0.2, 0.25) is 5.82 Å². The van der Waals surface area contributed by atoms with Crippen molar-refractivity contribution >= 4 is 11.8 Å². The summed E-state index contributed by atoms with van der Waals surface area (Å²) in [6.45, 7) is 6.40. The van der Waals surface area contributed by atoms with Crippen LogP contribution in [-0.2, 0) is 19.5 Å². The molecule has 2 aromatic carbocycles. The minimum absolute atomic E-state index is 0.282. The Balaban J connectivity index is 1.23. The largest absolute Gasteiger partial charge is 0.477 e. The van der Waals surface area contributed by atoms with Crippen molar-refractivity contribution in [1.29, 1.82) is 0 Å². The minimum atomic E-state index is -0.942. The second-order valence-electron chi connectivity index (χ2n) is 10.7. The Labute approximate surface area is 250 Å². The number of anilines is 1. The highest BCUT2D eigenvalue weighted by atomic mass is 16.4. The molecule has 6 rings (SSSR count). The lowest BCUT2D eigenvalue weighted by Gasteiger charge is -2.35. The summed E-state index contributed by atoms with van der Waals surface area (Å²) in [5.74, 6) is 1.40. The number of tetrazole rings is 1. The van der Waals surface area contributed by atoms with Gasteiger partial charge in [-0.2, -0.15) is 5.21 Å². The molecule has 0 radical (unpaired) electrons. The number of H-pyrrole nitrogens is 1. The zero-order valence-electron chi connectivity index (χ0n) is 24.2. The highest BCUT2D eigenvalue weighted by Crippen LogP contribution is 2.30. The third kappa shape index (κ3) is 6.31. The average Bonchev–Trinajstić information content (AvgIpc) is 3.70. The topological polar surface area (TPSA) is 129 Å². The van der Waals surface area contributed by atoms with E-state index >= 15 is 0 Å². The van der Waals surface area contributed by atoms with E-state index in [-0.39, 0.29) is 5.69 Å². The van der Waals surface area contributed by atoms with Crippen LogP contribution in [0.4, 0.5) is 5.82 Å². The molecule has 1 saturated heterocycles. The van der Waals surface area contributed by atoms with E-state index in [2.05, 4.69) is 54.5 Å². The van der Waals surface area contributed by atoms with Crippen LogP contribution in [0.5, 0.6) is 0 Å². The second kappa shape index (κ2) is 13.0. The molecule has 1 fully saturated rings. The number of imidazole rings is 1. The molecule has 2 N–H and O–H groups in total. The number of carboxylic acids is 1. The molecule has 0 bridgehead atoms. The molecule has 5 aromatic rings. The Hall–Kier alpha value is -4.90. The van der Waals surface area contributed by atoms with Crippen LogP contribution in [-0.4, -0.2) is 77.3 Å². The fourth-order valence-corrected chi connectivity index (χ4v) is 5.66. The number of unbranched alkanes of at least 4 members (excludes halogenated alkanes) is 1. The number of aromatic carboxylic acids is 1. The summed E-state index contributed by atoms with van der Waals surface area (Å²) >= 11 is 0. The molecule has 0 atom stereocenters. The van der Waals surface area contributed by atoms with Gasteiger partial charge in [-0.15, -0.1) is 10.2 Å². The molecule has 0 saturated carbocycles. The van der Waals surface area contributed by atoms with Gasteiger partial charge >= 0.3 is 5.97 Å². The van der Waals surface area contributed by atoms with Gasteiger partial charge in [0.1, 0.15) is 11.6 Å². The van der Waals surface area contributed by atoms with Gasteiger partial charge in [0, 0.05) is 57.4 Å². The predicted octanol–water partition coefficient (Wildman–Crippen LogP) is 4.54. The Morgan fingerprint density at radius 3 is 2.37 bits per heavy atom. The van der Waals surface area contributed by atoms with Crippen LogP contribution >= 0.6 is 0 Å². The molecule has 0 amide bonds. The maximum absolute atomic E-state index is 12.7. The maximum Gasteiger partial charge on any atom is 0.354 e. The summed E-state index contributed by atoms with van der Waals surface area (Å²) in [6, 6.07) is 22.1. The van der Waals surface area contributed by atoms with Crippen molar-refractivity contribution in [2.45, 2.75) is 39.3 Å². The second-order valence-corrected chi connectivity index (χ2v) is 10.7. The molecule has 0 spiro atoms. The summed E-state index contributed by atoms with van der Waals surface area (Å²) in [5, 5.41) is 24.9. The van der Waals surface area contributed by atoms with Gasteiger partial charge in [-0.1, -0.05) is 67.9 Å². The summed E-state index contributed by atoms with van der Waals surface area (Å²) < 4.78 is 1.90. The number of rotatable bonds is 11. The van der Waals surface area contributed by atoms with Gasteiger partial charge in [0.05, 0.1) is 5.69 Å². The summed E-state index contributed by atoms with van der Waals surface area (Å²) in [4.78, 5) is 26.6. The van der Waals surface area contributed by atoms with Crippen LogP contribution in [0.2, 0.25) is 0 Å². The first-order chi connectivity index (χ1) is 21.1. The third-order valence-corrected chi connectivity index (χ3v) is 7.91. The smallest absolute Gasteiger partial charge is 0.354 e. The van der Waals surface area contributed by atoms with Crippen LogP contribution in [0.15, 0.2) is 72.9 Å². The van der Waals surface area contributed by atoms with Crippen LogP contribution in [0.1, 0.15) is 47.3 Å². The third-order valence-electron chi connectivity index (χ3n) is 7.91. The van der Waals surface area contributed by atoms with Gasteiger partial charge in [0.15, 0.2) is 5.69 Å². The van der Waals surface area contributed by atoms with Crippen LogP contribution in [0.3, 0.4) is 0 Å². The van der Waals surface area contributed by atoms with E-state index in [1.807, 2.05) is 65.4 Å². The number of aromatic nitrogens is 7. The molecule has 1 aliphatic rings. The first-order valence-corrected chi connectivity index (χ1v) is 14.7. The molecule has 0 unspecified atom stereocenters. The molecule has 11 nitrogen and oxygen atoms in total. The molecule has 1 aliphatic heterocycles. The lowest BCUT2D eigenvalue weighted by atomic mass is 9.98. The Morgan fingerprint density at radius 1 is 0.930 bits per heavy atom. The number of carbonyl (C=O) groups is 1. The van der Waals surface area contributed by atoms with E-state index in [1.165, 1.54) is 0 Å². The van der Waals surface area contributed by atoms with Crippen molar-refractivity contribution in [3.05, 3.63) is 95.7 Å². The van der Waals surface area contributed by atoms with Gasteiger partial charge in [-0.25, -0.2) is 14.8 Å². The Bertz CT molecular complexity index is 1640. The number of nitrogens with one attached hydrogen (secondary N) is 1. The quantitative estimate of drug-likeness (QED) is 0.232. The van der Waals surface area contributed by atoms with Crippen molar-refractivity contribution in [2.24, 2.45) is 0 Å². The number of benzene rings is 2. The number of hydrogen-bond donors (Lipinski definition) is 2. The van der Waals surface area contributed by atoms with Crippen molar-refractivity contribution in [3.8, 4) is 22.5 Å². The van der Waals surface area contributed by atoms with Gasteiger partial charge in [-0.05, 0) is 40.5 Å². The molecule has 11 heteroatoms. The van der Waals surface area contributed by atoms with Gasteiger partial charge in [0.25, 0.3) is 0 Å².